The number of nitrogens with zero attached hydrogens (tertiary/aromatic N) is 1. The minimum absolute atomic E-state index is 0.247. The Morgan fingerprint density at radius 3 is 3.06 bits per heavy atom. The van der Waals surface area contributed by atoms with Crippen molar-refractivity contribution in [3.05, 3.63) is 28.5 Å². The van der Waals surface area contributed by atoms with Gasteiger partial charge in [-0.2, -0.15) is 0 Å². The van der Waals surface area contributed by atoms with E-state index in [1.807, 2.05) is 0 Å². The normalized spacial score (nSPS) is 19.2. The van der Waals surface area contributed by atoms with Gasteiger partial charge in [-0.1, -0.05) is 25.6 Å². The fourth-order valence-electron chi connectivity index (χ4n) is 1.84. The lowest BCUT2D eigenvalue weighted by Gasteiger charge is -2.12. The Kier molecular flexibility index (Phi) is 4.67. The van der Waals surface area contributed by atoms with Gasteiger partial charge in [0, 0.05) is 9.72 Å². The van der Waals surface area contributed by atoms with Gasteiger partial charge in [-0.15, -0.1) is 0 Å². The number of hydrogen-bond donors (Lipinski definition) is 1. The molecule has 1 aromatic rings. The van der Waals surface area contributed by atoms with Gasteiger partial charge in [0.05, 0.1) is 12.2 Å². The maximum Gasteiger partial charge on any atom is 0.161 e. The van der Waals surface area contributed by atoms with E-state index in [1.165, 1.54) is 12.1 Å². The van der Waals surface area contributed by atoms with E-state index in [1.54, 1.807) is 17.8 Å². The number of hydrogen-bond acceptors (Lipinski definition) is 3. The lowest BCUT2D eigenvalue weighted by atomic mass is 10.1. The van der Waals surface area contributed by atoms with Crippen LogP contribution in [0.1, 0.15) is 20.3 Å². The van der Waals surface area contributed by atoms with E-state index in [9.17, 15) is 4.39 Å². The molecule has 0 fully saturated rings. The van der Waals surface area contributed by atoms with E-state index >= 15 is 0 Å². The van der Waals surface area contributed by atoms with Gasteiger partial charge in [0.2, 0.25) is 0 Å². The summed E-state index contributed by atoms with van der Waals surface area (Å²) in [4.78, 5) is 4.46. The molecule has 0 saturated heterocycles. The number of anilines is 1. The zero-order valence-electron chi connectivity index (χ0n) is 10.4. The summed E-state index contributed by atoms with van der Waals surface area (Å²) in [6.07, 6.45) is 1.16. The molecule has 0 spiro atoms. The molecule has 5 heteroatoms. The molecule has 1 unspecified atom stereocenters. The van der Waals surface area contributed by atoms with Gasteiger partial charge >= 0.3 is 0 Å². The number of thioether (sulfide) groups is 1. The summed E-state index contributed by atoms with van der Waals surface area (Å²) >= 11 is 5.14. The second kappa shape index (κ2) is 6.06. The second-order valence-electron chi connectivity index (χ2n) is 4.76. The standard InChI is InChI=1S/C13H16BrFN2S/c1-8(2)5-10-7-16-13(18-10)17-12-6-9(15)3-4-11(12)14/h3-4,6,8,10H,5,7H2,1-2H3,(H,16,17). The number of halogens is 2. The molecule has 1 N–H and O–H groups in total. The average molecular weight is 331 g/mol. The van der Waals surface area contributed by atoms with Gasteiger partial charge in [-0.25, -0.2) is 4.39 Å². The largest absolute Gasteiger partial charge is 0.334 e. The predicted molar refractivity (Wildman–Crippen MR) is 80.9 cm³/mol. The molecule has 1 heterocycles. The zero-order chi connectivity index (χ0) is 13.1. The molecule has 1 aromatic carbocycles. The van der Waals surface area contributed by atoms with Crippen molar-refractivity contribution in [2.75, 3.05) is 11.9 Å². The van der Waals surface area contributed by atoms with E-state index in [0.29, 0.717) is 11.2 Å². The van der Waals surface area contributed by atoms with Crippen molar-refractivity contribution in [2.45, 2.75) is 25.5 Å². The monoisotopic (exact) mass is 330 g/mol. The number of benzene rings is 1. The quantitative estimate of drug-likeness (QED) is 0.881. The molecule has 2 rings (SSSR count). The molecule has 0 aliphatic carbocycles. The van der Waals surface area contributed by atoms with Crippen LogP contribution in [-0.4, -0.2) is 17.0 Å². The number of amidine groups is 1. The van der Waals surface area contributed by atoms with Crippen molar-refractivity contribution in [1.82, 2.24) is 0 Å². The van der Waals surface area contributed by atoms with Crippen molar-refractivity contribution < 1.29 is 4.39 Å². The maximum absolute atomic E-state index is 13.2. The Labute approximate surface area is 120 Å². The van der Waals surface area contributed by atoms with Crippen molar-refractivity contribution >= 4 is 38.5 Å². The zero-order valence-corrected chi connectivity index (χ0v) is 12.8. The van der Waals surface area contributed by atoms with Crippen LogP contribution in [0.5, 0.6) is 0 Å². The average Bonchev–Trinajstić information content (AvgIpc) is 2.70. The number of aliphatic imine (C=N–C) groups is 1. The van der Waals surface area contributed by atoms with Crippen LogP contribution in [0.15, 0.2) is 27.7 Å². The van der Waals surface area contributed by atoms with Crippen molar-refractivity contribution in [1.29, 1.82) is 0 Å². The van der Waals surface area contributed by atoms with Gasteiger partial charge < -0.3 is 5.32 Å². The summed E-state index contributed by atoms with van der Waals surface area (Å²) in [5.41, 5.74) is 0.728. The molecule has 1 atom stereocenters. The third-order valence-corrected chi connectivity index (χ3v) is 4.44. The van der Waals surface area contributed by atoms with E-state index < -0.39 is 0 Å². The molecule has 0 amide bonds. The van der Waals surface area contributed by atoms with Crippen LogP contribution in [0.25, 0.3) is 0 Å². The van der Waals surface area contributed by atoms with Gasteiger partial charge in [-0.05, 0) is 46.5 Å². The summed E-state index contributed by atoms with van der Waals surface area (Å²) in [7, 11) is 0. The van der Waals surface area contributed by atoms with Gasteiger partial charge in [0.25, 0.3) is 0 Å². The van der Waals surface area contributed by atoms with Crippen LogP contribution in [-0.2, 0) is 0 Å². The van der Waals surface area contributed by atoms with Crippen molar-refractivity contribution in [3.8, 4) is 0 Å². The summed E-state index contributed by atoms with van der Waals surface area (Å²) in [5.74, 6) is 0.431. The highest BCUT2D eigenvalue weighted by Gasteiger charge is 2.21. The first kappa shape index (κ1) is 13.9. The molecule has 0 aromatic heterocycles. The Hall–Kier alpha value is -0.550. The lowest BCUT2D eigenvalue weighted by Crippen LogP contribution is -2.10. The van der Waals surface area contributed by atoms with Crippen LogP contribution in [0.4, 0.5) is 10.1 Å². The Morgan fingerprint density at radius 1 is 1.56 bits per heavy atom. The first-order valence-electron chi connectivity index (χ1n) is 5.98. The fraction of sp³-hybridized carbons (Fsp3) is 0.462. The SMILES string of the molecule is CC(C)CC1CN=C(Nc2cc(F)ccc2Br)S1. The summed E-state index contributed by atoms with van der Waals surface area (Å²) in [5, 5.41) is 4.60. The molecular weight excluding hydrogens is 315 g/mol. The highest BCUT2D eigenvalue weighted by molar-refractivity contribution is 9.10. The number of nitrogens with one attached hydrogen (secondary N) is 1. The minimum atomic E-state index is -0.247. The minimum Gasteiger partial charge on any atom is -0.334 e. The van der Waals surface area contributed by atoms with Crippen LogP contribution >= 0.6 is 27.7 Å². The molecular formula is C13H16BrFN2S. The second-order valence-corrected chi connectivity index (χ2v) is 6.91. The number of rotatable bonds is 3. The lowest BCUT2D eigenvalue weighted by molar-refractivity contribution is 0.575. The van der Waals surface area contributed by atoms with Crippen LogP contribution in [0.3, 0.4) is 0 Å². The summed E-state index contributed by atoms with van der Waals surface area (Å²) in [6.45, 7) is 5.28. The van der Waals surface area contributed by atoms with Crippen molar-refractivity contribution in [2.24, 2.45) is 10.9 Å². The molecule has 1 aliphatic heterocycles. The van der Waals surface area contributed by atoms with E-state index in [0.717, 1.165) is 28.3 Å². The topological polar surface area (TPSA) is 24.4 Å². The molecule has 98 valence electrons. The molecule has 18 heavy (non-hydrogen) atoms. The fourth-order valence-corrected chi connectivity index (χ4v) is 3.45. The maximum atomic E-state index is 13.2. The Bertz CT molecular complexity index is 462. The molecule has 0 radical (unpaired) electrons. The smallest absolute Gasteiger partial charge is 0.161 e. The van der Waals surface area contributed by atoms with E-state index in [4.69, 9.17) is 0 Å². The van der Waals surface area contributed by atoms with Crippen LogP contribution < -0.4 is 5.32 Å². The van der Waals surface area contributed by atoms with E-state index in [-0.39, 0.29) is 5.82 Å². The Balaban J connectivity index is 1.97. The molecule has 0 bridgehead atoms. The van der Waals surface area contributed by atoms with Crippen LogP contribution in [0.2, 0.25) is 0 Å². The first-order valence-corrected chi connectivity index (χ1v) is 7.65. The Morgan fingerprint density at radius 2 is 2.33 bits per heavy atom. The molecule has 0 saturated carbocycles. The summed E-state index contributed by atoms with van der Waals surface area (Å²) in [6, 6.07) is 4.60. The van der Waals surface area contributed by atoms with Crippen molar-refractivity contribution in [3.63, 3.8) is 0 Å². The van der Waals surface area contributed by atoms with E-state index in [2.05, 4.69) is 40.1 Å². The predicted octanol–water partition coefficient (Wildman–Crippen LogP) is 4.52. The summed E-state index contributed by atoms with van der Waals surface area (Å²) < 4.78 is 14.0. The van der Waals surface area contributed by atoms with Gasteiger partial charge in [0.15, 0.2) is 5.17 Å². The van der Waals surface area contributed by atoms with Gasteiger partial charge in [0.1, 0.15) is 5.82 Å². The first-order chi connectivity index (χ1) is 8.54. The highest BCUT2D eigenvalue weighted by Crippen LogP contribution is 2.30. The molecule has 1 aliphatic rings. The third kappa shape index (κ3) is 3.72. The molecule has 2 nitrogen and oxygen atoms in total. The highest BCUT2D eigenvalue weighted by atomic mass is 79.9. The third-order valence-electron chi connectivity index (χ3n) is 2.62. The van der Waals surface area contributed by atoms with Crippen LogP contribution in [0, 0.1) is 11.7 Å². The van der Waals surface area contributed by atoms with Gasteiger partial charge in [-0.3, -0.25) is 4.99 Å².